The molecule has 9 heteroatoms. The third-order valence-corrected chi connectivity index (χ3v) is 6.04. The Hall–Kier alpha value is -2.78. The lowest BCUT2D eigenvalue weighted by atomic mass is 10.1. The number of nitrogens with one attached hydrogen (secondary N) is 2. The molecule has 2 aromatic rings. The van der Waals surface area contributed by atoms with Gasteiger partial charge in [0, 0.05) is 18.3 Å². The van der Waals surface area contributed by atoms with Crippen molar-refractivity contribution in [3.05, 3.63) is 53.9 Å². The van der Waals surface area contributed by atoms with Crippen LogP contribution in [0.1, 0.15) is 29.9 Å². The van der Waals surface area contributed by atoms with Gasteiger partial charge in [0.25, 0.3) is 11.8 Å². The fourth-order valence-corrected chi connectivity index (χ4v) is 4.04. The highest BCUT2D eigenvalue weighted by Crippen LogP contribution is 2.19. The summed E-state index contributed by atoms with van der Waals surface area (Å²) < 4.78 is 25.2. The van der Waals surface area contributed by atoms with Gasteiger partial charge in [0.05, 0.1) is 22.5 Å². The van der Waals surface area contributed by atoms with Crippen molar-refractivity contribution in [3.63, 3.8) is 0 Å². The molecule has 0 aliphatic rings. The van der Waals surface area contributed by atoms with E-state index >= 15 is 0 Å². The zero-order valence-corrected chi connectivity index (χ0v) is 16.7. The van der Waals surface area contributed by atoms with E-state index in [1.807, 2.05) is 6.92 Å². The van der Waals surface area contributed by atoms with Crippen molar-refractivity contribution in [3.8, 4) is 0 Å². The van der Waals surface area contributed by atoms with Crippen LogP contribution in [-0.4, -0.2) is 48.7 Å². The number of nitrogens with zero attached hydrogens (tertiary/aromatic N) is 1. The lowest BCUT2D eigenvalue weighted by molar-refractivity contribution is -0.130. The number of benzene rings is 1. The van der Waals surface area contributed by atoms with Crippen LogP contribution >= 0.6 is 0 Å². The Kier molecular flexibility index (Phi) is 6.52. The molecule has 2 amide bonds. The van der Waals surface area contributed by atoms with E-state index in [-0.39, 0.29) is 10.8 Å². The molecule has 0 bridgehead atoms. The Morgan fingerprint density at radius 1 is 1.14 bits per heavy atom. The van der Waals surface area contributed by atoms with Gasteiger partial charge in [0.2, 0.25) is 0 Å². The molecule has 1 aromatic heterocycles. The average Bonchev–Trinajstić information content (AvgIpc) is 2.67. The lowest BCUT2D eigenvalue weighted by Gasteiger charge is -2.22. The molecule has 2 rings (SSSR count). The van der Waals surface area contributed by atoms with Crippen molar-refractivity contribution >= 4 is 27.3 Å². The number of sulfone groups is 1. The molecule has 28 heavy (non-hydrogen) atoms. The van der Waals surface area contributed by atoms with Crippen LogP contribution in [0.3, 0.4) is 0 Å². The number of aryl methyl sites for hydroxylation is 1. The Morgan fingerprint density at radius 2 is 1.79 bits per heavy atom. The highest BCUT2D eigenvalue weighted by molar-refractivity contribution is 7.91. The standard InChI is InChI=1S/C19H23N3O5S/c1-4-14-7-8-15(11-21-14)22-18(24)19(2,25)12-28(26,27)16-9-5-13(6-10-16)17(23)20-3/h5-11,25H,4,12H2,1-3H3,(H,20,23)(H,22,24)/t19-/m0/s1. The van der Waals surface area contributed by atoms with Gasteiger partial charge in [-0.3, -0.25) is 14.6 Å². The number of hydrogen-bond donors (Lipinski definition) is 3. The Labute approximate surface area is 163 Å². The molecular weight excluding hydrogens is 382 g/mol. The molecule has 0 aliphatic heterocycles. The summed E-state index contributed by atoms with van der Waals surface area (Å²) in [6.07, 6.45) is 2.18. The fourth-order valence-electron chi connectivity index (χ4n) is 2.45. The number of aromatic nitrogens is 1. The van der Waals surface area contributed by atoms with Gasteiger partial charge in [-0.2, -0.15) is 0 Å². The van der Waals surface area contributed by atoms with Crippen molar-refractivity contribution in [2.45, 2.75) is 30.8 Å². The van der Waals surface area contributed by atoms with E-state index in [1.165, 1.54) is 37.5 Å². The van der Waals surface area contributed by atoms with E-state index in [1.54, 1.807) is 12.1 Å². The van der Waals surface area contributed by atoms with Crippen LogP contribution in [0, 0.1) is 0 Å². The summed E-state index contributed by atoms with van der Waals surface area (Å²) in [6, 6.07) is 8.62. The molecule has 0 unspecified atom stereocenters. The molecule has 1 atom stereocenters. The molecule has 0 radical (unpaired) electrons. The normalized spacial score (nSPS) is 13.4. The first kappa shape index (κ1) is 21.5. The monoisotopic (exact) mass is 405 g/mol. The molecule has 1 aromatic carbocycles. The minimum Gasteiger partial charge on any atom is -0.379 e. The van der Waals surface area contributed by atoms with Gasteiger partial charge in [0.15, 0.2) is 15.4 Å². The highest BCUT2D eigenvalue weighted by Gasteiger charge is 2.36. The molecule has 0 aliphatic carbocycles. The second kappa shape index (κ2) is 8.49. The quantitative estimate of drug-likeness (QED) is 0.635. The number of aliphatic hydroxyl groups is 1. The van der Waals surface area contributed by atoms with Gasteiger partial charge in [-0.05, 0) is 49.7 Å². The maximum atomic E-state index is 12.6. The molecule has 0 spiro atoms. The lowest BCUT2D eigenvalue weighted by Crippen LogP contribution is -2.45. The maximum Gasteiger partial charge on any atom is 0.257 e. The number of pyridine rings is 1. The number of carbonyl (C=O) groups excluding carboxylic acids is 2. The first-order valence-electron chi connectivity index (χ1n) is 8.62. The van der Waals surface area contributed by atoms with Crippen LogP contribution in [0.4, 0.5) is 5.69 Å². The molecule has 1 heterocycles. The van der Waals surface area contributed by atoms with E-state index in [0.717, 1.165) is 19.0 Å². The third-order valence-electron chi connectivity index (χ3n) is 4.11. The number of rotatable bonds is 7. The average molecular weight is 405 g/mol. The van der Waals surface area contributed by atoms with Crippen LogP contribution in [0.5, 0.6) is 0 Å². The molecular formula is C19H23N3O5S. The van der Waals surface area contributed by atoms with Gasteiger partial charge in [-0.25, -0.2) is 8.42 Å². The van der Waals surface area contributed by atoms with E-state index in [9.17, 15) is 23.1 Å². The van der Waals surface area contributed by atoms with Crippen molar-refractivity contribution in [1.82, 2.24) is 10.3 Å². The topological polar surface area (TPSA) is 125 Å². The molecule has 8 nitrogen and oxygen atoms in total. The van der Waals surface area contributed by atoms with E-state index in [4.69, 9.17) is 0 Å². The first-order valence-corrected chi connectivity index (χ1v) is 10.3. The van der Waals surface area contributed by atoms with E-state index in [0.29, 0.717) is 11.3 Å². The SMILES string of the molecule is CCc1ccc(NC(=O)[C@@](C)(O)CS(=O)(=O)c2ccc(C(=O)NC)cc2)cn1. The predicted octanol–water partition coefficient (Wildman–Crippen LogP) is 1.17. The van der Waals surface area contributed by atoms with Crippen LogP contribution in [0.15, 0.2) is 47.5 Å². The summed E-state index contributed by atoms with van der Waals surface area (Å²) >= 11 is 0. The Bertz CT molecular complexity index is 952. The van der Waals surface area contributed by atoms with Gasteiger partial charge >= 0.3 is 0 Å². The van der Waals surface area contributed by atoms with Crippen LogP contribution in [0.2, 0.25) is 0 Å². The minimum atomic E-state index is -3.97. The summed E-state index contributed by atoms with van der Waals surface area (Å²) in [5.74, 6) is -2.02. The number of carbonyl (C=O) groups is 2. The van der Waals surface area contributed by atoms with Crippen molar-refractivity contribution in [1.29, 1.82) is 0 Å². The number of anilines is 1. The zero-order valence-electron chi connectivity index (χ0n) is 15.9. The summed E-state index contributed by atoms with van der Waals surface area (Å²) in [5, 5.41) is 15.4. The summed E-state index contributed by atoms with van der Waals surface area (Å²) in [5.41, 5.74) is -0.668. The minimum absolute atomic E-state index is 0.0952. The summed E-state index contributed by atoms with van der Waals surface area (Å²) in [4.78, 5) is 28.0. The Balaban J connectivity index is 2.13. The summed E-state index contributed by atoms with van der Waals surface area (Å²) in [6.45, 7) is 3.07. The summed E-state index contributed by atoms with van der Waals surface area (Å²) in [7, 11) is -2.51. The van der Waals surface area contributed by atoms with Crippen LogP contribution in [0.25, 0.3) is 0 Å². The van der Waals surface area contributed by atoms with E-state index in [2.05, 4.69) is 15.6 Å². The fraction of sp³-hybridized carbons (Fsp3) is 0.316. The largest absolute Gasteiger partial charge is 0.379 e. The molecule has 3 N–H and O–H groups in total. The van der Waals surface area contributed by atoms with Crippen LogP contribution < -0.4 is 10.6 Å². The van der Waals surface area contributed by atoms with E-state index < -0.39 is 27.1 Å². The number of amides is 2. The molecule has 0 saturated carbocycles. The second-order valence-corrected chi connectivity index (χ2v) is 8.47. The van der Waals surface area contributed by atoms with Crippen molar-refractivity contribution in [2.75, 3.05) is 18.1 Å². The first-order chi connectivity index (χ1) is 13.1. The zero-order chi connectivity index (χ0) is 20.9. The maximum absolute atomic E-state index is 12.6. The van der Waals surface area contributed by atoms with Crippen LogP contribution in [-0.2, 0) is 21.1 Å². The van der Waals surface area contributed by atoms with Gasteiger partial charge in [-0.1, -0.05) is 6.92 Å². The Morgan fingerprint density at radius 3 is 2.29 bits per heavy atom. The van der Waals surface area contributed by atoms with Gasteiger partial charge in [0.1, 0.15) is 0 Å². The van der Waals surface area contributed by atoms with Gasteiger partial charge in [-0.15, -0.1) is 0 Å². The van der Waals surface area contributed by atoms with Gasteiger partial charge < -0.3 is 15.7 Å². The predicted molar refractivity (Wildman–Crippen MR) is 105 cm³/mol. The second-order valence-electron chi connectivity index (χ2n) is 6.48. The highest BCUT2D eigenvalue weighted by atomic mass is 32.2. The smallest absolute Gasteiger partial charge is 0.257 e. The molecule has 0 saturated heterocycles. The van der Waals surface area contributed by atoms with Crippen molar-refractivity contribution in [2.24, 2.45) is 0 Å². The molecule has 0 fully saturated rings. The third kappa shape index (κ3) is 5.14. The molecule has 150 valence electrons. The number of hydrogen-bond acceptors (Lipinski definition) is 6. The van der Waals surface area contributed by atoms with Crippen molar-refractivity contribution < 1.29 is 23.1 Å².